The van der Waals surface area contributed by atoms with Crippen LogP contribution in [0, 0.1) is 0 Å². The monoisotopic (exact) mass is 472 g/mol. The van der Waals surface area contributed by atoms with Gasteiger partial charge in [0.15, 0.2) is 0 Å². The lowest BCUT2D eigenvalue weighted by molar-refractivity contribution is -0.117. The van der Waals surface area contributed by atoms with Gasteiger partial charge in [-0.1, -0.05) is 36.2 Å². The first-order valence-electron chi connectivity index (χ1n) is 9.11. The van der Waals surface area contributed by atoms with E-state index in [9.17, 15) is 18.0 Å². The predicted octanol–water partition coefficient (Wildman–Crippen LogP) is 4.35. The molecule has 2 aromatic rings. The van der Waals surface area contributed by atoms with Crippen LogP contribution in [0.1, 0.15) is 30.6 Å². The van der Waals surface area contributed by atoms with Crippen LogP contribution < -0.4 is 9.62 Å². The fourth-order valence-electron chi connectivity index (χ4n) is 2.87. The maximum absolute atomic E-state index is 12.9. The minimum Gasteiger partial charge on any atom is -0.462 e. The highest BCUT2D eigenvalue weighted by Crippen LogP contribution is 2.27. The van der Waals surface area contributed by atoms with Gasteiger partial charge in [0.05, 0.1) is 29.1 Å². The van der Waals surface area contributed by atoms with Crippen molar-refractivity contribution in [1.29, 1.82) is 0 Å². The Morgan fingerprint density at radius 1 is 1.13 bits per heavy atom. The van der Waals surface area contributed by atoms with Gasteiger partial charge in [0.25, 0.3) is 0 Å². The molecule has 0 radical (unpaired) electrons. The smallest absolute Gasteiger partial charge is 0.339 e. The molecule has 0 saturated carbocycles. The zero-order valence-electron chi connectivity index (χ0n) is 16.7. The van der Waals surface area contributed by atoms with Gasteiger partial charge in [-0.15, -0.1) is 0 Å². The van der Waals surface area contributed by atoms with Gasteiger partial charge in [-0.2, -0.15) is 0 Å². The second-order valence-electron chi connectivity index (χ2n) is 6.37. The zero-order valence-corrected chi connectivity index (χ0v) is 19.0. The van der Waals surface area contributed by atoms with E-state index >= 15 is 0 Å². The Hall–Kier alpha value is -2.29. The van der Waals surface area contributed by atoms with E-state index in [0.717, 1.165) is 10.6 Å². The van der Waals surface area contributed by atoms with Crippen molar-refractivity contribution in [2.24, 2.45) is 0 Å². The van der Waals surface area contributed by atoms with Crippen molar-refractivity contribution in [3.63, 3.8) is 0 Å². The Bertz CT molecular complexity index is 1040. The van der Waals surface area contributed by atoms with Gasteiger partial charge in [-0.05, 0) is 49.7 Å². The molecule has 0 bridgehead atoms. The Morgan fingerprint density at radius 2 is 1.83 bits per heavy atom. The van der Waals surface area contributed by atoms with E-state index in [4.69, 9.17) is 27.9 Å². The number of hydrogen-bond donors (Lipinski definition) is 1. The number of carbonyl (C=O) groups is 2. The van der Waals surface area contributed by atoms with Crippen LogP contribution in [0.2, 0.25) is 10.0 Å². The van der Waals surface area contributed by atoms with E-state index in [2.05, 4.69) is 5.32 Å². The number of sulfonamides is 1. The molecule has 0 aromatic heterocycles. The molecule has 1 atom stereocenters. The number of nitrogens with zero attached hydrogens (tertiary/aromatic N) is 1. The fourth-order valence-corrected chi connectivity index (χ4v) is 4.51. The molecule has 2 rings (SSSR count). The topological polar surface area (TPSA) is 92.8 Å². The third-order valence-corrected chi connectivity index (χ3v) is 5.85. The quantitative estimate of drug-likeness (QED) is 0.576. The molecule has 0 fully saturated rings. The summed E-state index contributed by atoms with van der Waals surface area (Å²) in [5, 5.41) is 3.11. The summed E-state index contributed by atoms with van der Waals surface area (Å²) in [7, 11) is -3.79. The molecule has 1 amide bonds. The zero-order chi connectivity index (χ0) is 22.5. The number of ether oxygens (including phenoxy) is 1. The average molecular weight is 473 g/mol. The third kappa shape index (κ3) is 5.87. The van der Waals surface area contributed by atoms with Crippen molar-refractivity contribution in [3.8, 4) is 0 Å². The molecule has 30 heavy (non-hydrogen) atoms. The van der Waals surface area contributed by atoms with Crippen LogP contribution in [-0.4, -0.2) is 39.2 Å². The summed E-state index contributed by atoms with van der Waals surface area (Å²) in [6, 6.07) is 9.56. The highest BCUT2D eigenvalue weighted by Gasteiger charge is 2.31. The lowest BCUT2D eigenvalue weighted by Crippen LogP contribution is -2.47. The molecular formula is C20H22Cl2N2O5S. The standard InChI is InChI=1S/C20H22Cl2N2O5S/c1-4-18(24(30(3,27)28)15-8-6-7-13(21)11-15)19(25)23-14-9-10-16(17(22)12-14)20(26)29-5-2/h6-12,18H,4-5H2,1-3H3,(H,23,25). The molecular weight excluding hydrogens is 451 g/mol. The largest absolute Gasteiger partial charge is 0.462 e. The van der Waals surface area contributed by atoms with Crippen LogP contribution in [0.25, 0.3) is 0 Å². The first-order valence-corrected chi connectivity index (χ1v) is 11.7. The van der Waals surface area contributed by atoms with Crippen molar-refractivity contribution < 1.29 is 22.7 Å². The number of amides is 1. The molecule has 0 saturated heterocycles. The number of rotatable bonds is 8. The number of nitrogens with one attached hydrogen (secondary N) is 1. The maximum Gasteiger partial charge on any atom is 0.339 e. The van der Waals surface area contributed by atoms with Crippen LogP contribution in [0.4, 0.5) is 11.4 Å². The molecule has 7 nitrogen and oxygen atoms in total. The van der Waals surface area contributed by atoms with Crippen LogP contribution in [0.3, 0.4) is 0 Å². The van der Waals surface area contributed by atoms with Crippen molar-refractivity contribution in [2.75, 3.05) is 22.5 Å². The highest BCUT2D eigenvalue weighted by molar-refractivity contribution is 7.92. The minimum atomic E-state index is -3.79. The summed E-state index contributed by atoms with van der Waals surface area (Å²) in [6.07, 6.45) is 1.23. The molecule has 10 heteroatoms. The lowest BCUT2D eigenvalue weighted by Gasteiger charge is -2.30. The number of hydrogen-bond acceptors (Lipinski definition) is 5. The van der Waals surface area contributed by atoms with Crippen molar-refractivity contribution in [2.45, 2.75) is 26.3 Å². The van der Waals surface area contributed by atoms with Crippen molar-refractivity contribution in [3.05, 3.63) is 58.1 Å². The summed E-state index contributed by atoms with van der Waals surface area (Å²) in [5.41, 5.74) is 0.763. The molecule has 2 aromatic carbocycles. The van der Waals surface area contributed by atoms with Crippen molar-refractivity contribution >= 4 is 56.5 Å². The summed E-state index contributed by atoms with van der Waals surface area (Å²) < 4.78 is 30.9. The molecule has 0 aliphatic carbocycles. The van der Waals surface area contributed by atoms with Crippen molar-refractivity contribution in [1.82, 2.24) is 0 Å². The van der Waals surface area contributed by atoms with Gasteiger partial charge in [0.2, 0.25) is 15.9 Å². The molecule has 0 heterocycles. The summed E-state index contributed by atoms with van der Waals surface area (Å²) in [4.78, 5) is 24.8. The summed E-state index contributed by atoms with van der Waals surface area (Å²) in [6.45, 7) is 3.58. The number of anilines is 2. The third-order valence-electron chi connectivity index (χ3n) is 4.12. The molecule has 1 N–H and O–H groups in total. The minimum absolute atomic E-state index is 0.106. The lowest BCUT2D eigenvalue weighted by atomic mass is 10.1. The normalized spacial score (nSPS) is 12.2. The average Bonchev–Trinajstić information content (AvgIpc) is 2.65. The predicted molar refractivity (Wildman–Crippen MR) is 119 cm³/mol. The van der Waals surface area contributed by atoms with Gasteiger partial charge in [0, 0.05) is 10.7 Å². The van der Waals surface area contributed by atoms with E-state index in [1.54, 1.807) is 32.0 Å². The molecule has 162 valence electrons. The van der Waals surface area contributed by atoms with E-state index in [0.29, 0.717) is 10.7 Å². The first-order chi connectivity index (χ1) is 14.1. The number of carbonyl (C=O) groups excluding carboxylic acids is 2. The SMILES string of the molecule is CCOC(=O)c1ccc(NC(=O)C(CC)N(c2cccc(Cl)c2)S(C)(=O)=O)cc1Cl. The highest BCUT2D eigenvalue weighted by atomic mass is 35.5. The van der Waals surface area contributed by atoms with Gasteiger partial charge < -0.3 is 10.1 Å². The van der Waals surface area contributed by atoms with Crippen LogP contribution in [-0.2, 0) is 19.6 Å². The fraction of sp³-hybridized carbons (Fsp3) is 0.300. The van der Waals surface area contributed by atoms with Gasteiger partial charge in [0.1, 0.15) is 6.04 Å². The van der Waals surface area contributed by atoms with Gasteiger partial charge in [-0.3, -0.25) is 9.10 Å². The van der Waals surface area contributed by atoms with Crippen LogP contribution in [0.15, 0.2) is 42.5 Å². The molecule has 0 spiro atoms. The number of esters is 1. The summed E-state index contributed by atoms with van der Waals surface area (Å²) in [5.74, 6) is -1.13. The Morgan fingerprint density at radius 3 is 2.37 bits per heavy atom. The van der Waals surface area contributed by atoms with Gasteiger partial charge in [-0.25, -0.2) is 13.2 Å². The second-order valence-corrected chi connectivity index (χ2v) is 9.07. The van der Waals surface area contributed by atoms with E-state index in [-0.39, 0.29) is 29.3 Å². The van der Waals surface area contributed by atoms with E-state index in [1.807, 2.05) is 0 Å². The number of benzene rings is 2. The van der Waals surface area contributed by atoms with Crippen LogP contribution >= 0.6 is 23.2 Å². The van der Waals surface area contributed by atoms with Gasteiger partial charge >= 0.3 is 5.97 Å². The summed E-state index contributed by atoms with van der Waals surface area (Å²) >= 11 is 12.1. The Balaban J connectivity index is 2.32. The maximum atomic E-state index is 12.9. The first kappa shape index (κ1) is 24.0. The second kappa shape index (κ2) is 10.1. The Labute approximate surface area is 186 Å². The number of halogens is 2. The molecule has 0 aliphatic rings. The van der Waals surface area contributed by atoms with Crippen LogP contribution in [0.5, 0.6) is 0 Å². The molecule has 1 unspecified atom stereocenters. The van der Waals surface area contributed by atoms with E-state index in [1.165, 1.54) is 24.3 Å². The van der Waals surface area contributed by atoms with E-state index < -0.39 is 27.9 Å². The molecule has 0 aliphatic heterocycles. The Kier molecular flexibility index (Phi) is 8.11.